The van der Waals surface area contributed by atoms with Crippen LogP contribution in [0.3, 0.4) is 0 Å². The highest BCUT2D eigenvalue weighted by molar-refractivity contribution is 7.08. The number of carbonyl (C=O) groups is 2. The molecule has 1 amide bonds. The summed E-state index contributed by atoms with van der Waals surface area (Å²) in [6, 6.07) is 9.25. The average molecular weight is 346 g/mol. The minimum Gasteiger partial charge on any atom is -0.452 e. The fourth-order valence-corrected chi connectivity index (χ4v) is 2.99. The maximum atomic E-state index is 11.9. The van der Waals surface area contributed by atoms with Gasteiger partial charge in [0, 0.05) is 29.8 Å². The summed E-state index contributed by atoms with van der Waals surface area (Å²) in [7, 11) is 0. The van der Waals surface area contributed by atoms with E-state index >= 15 is 0 Å². The zero-order valence-electron chi connectivity index (χ0n) is 13.1. The molecule has 0 aliphatic carbocycles. The van der Waals surface area contributed by atoms with Gasteiger partial charge in [0.25, 0.3) is 5.91 Å². The molecule has 7 heteroatoms. The number of rotatable bonds is 5. The minimum absolute atomic E-state index is 0.306. The largest absolute Gasteiger partial charge is 0.452 e. The van der Waals surface area contributed by atoms with Crippen LogP contribution in [0.15, 0.2) is 41.1 Å². The Morgan fingerprint density at radius 1 is 1.17 bits per heavy atom. The Balaban J connectivity index is 1.48. The molecule has 1 N–H and O–H groups in total. The molecule has 2 heterocycles. The molecule has 1 aromatic carbocycles. The Kier molecular flexibility index (Phi) is 5.45. The van der Waals surface area contributed by atoms with Crippen LogP contribution in [0, 0.1) is 0 Å². The van der Waals surface area contributed by atoms with Gasteiger partial charge in [0.2, 0.25) is 0 Å². The second kappa shape index (κ2) is 7.94. The average Bonchev–Trinajstić information content (AvgIpc) is 3.16. The molecule has 126 valence electrons. The molecule has 6 nitrogen and oxygen atoms in total. The van der Waals surface area contributed by atoms with E-state index in [9.17, 15) is 9.59 Å². The molecule has 0 atom stereocenters. The first-order chi connectivity index (χ1) is 11.7. The molecule has 2 aromatic rings. The summed E-state index contributed by atoms with van der Waals surface area (Å²) in [5, 5.41) is 6.19. The van der Waals surface area contributed by atoms with E-state index in [-0.39, 0.29) is 12.5 Å². The monoisotopic (exact) mass is 346 g/mol. The molecule has 1 aliphatic heterocycles. The van der Waals surface area contributed by atoms with Crippen LogP contribution in [0.1, 0.15) is 10.4 Å². The summed E-state index contributed by atoms with van der Waals surface area (Å²) in [6.07, 6.45) is 0. The number of amides is 1. The van der Waals surface area contributed by atoms with Crippen molar-refractivity contribution in [1.29, 1.82) is 0 Å². The molecule has 1 saturated heterocycles. The third-order valence-corrected chi connectivity index (χ3v) is 4.30. The lowest BCUT2D eigenvalue weighted by Gasteiger charge is -2.28. The number of benzene rings is 1. The fourth-order valence-electron chi connectivity index (χ4n) is 2.37. The van der Waals surface area contributed by atoms with Gasteiger partial charge in [0.15, 0.2) is 6.61 Å². The second-order valence-corrected chi connectivity index (χ2v) is 6.06. The Morgan fingerprint density at radius 3 is 2.58 bits per heavy atom. The molecule has 1 aliphatic rings. The Hall–Kier alpha value is -2.38. The predicted molar refractivity (Wildman–Crippen MR) is 92.7 cm³/mol. The second-order valence-electron chi connectivity index (χ2n) is 5.28. The first-order valence-electron chi connectivity index (χ1n) is 7.64. The van der Waals surface area contributed by atoms with Crippen LogP contribution in [0.2, 0.25) is 0 Å². The van der Waals surface area contributed by atoms with E-state index in [0.717, 1.165) is 32.0 Å². The number of carbonyl (C=O) groups excluding carboxylic acids is 2. The van der Waals surface area contributed by atoms with E-state index < -0.39 is 5.97 Å². The standard InChI is InChI=1S/C17H18N2O4S/c20-16(11-23-17(21)13-5-10-24-12-13)18-14-1-3-15(4-2-14)19-6-8-22-9-7-19/h1-5,10,12H,6-9,11H2,(H,18,20). The first kappa shape index (κ1) is 16.5. The van der Waals surface area contributed by atoms with E-state index in [2.05, 4.69) is 10.2 Å². The summed E-state index contributed by atoms with van der Waals surface area (Å²) in [5.41, 5.74) is 2.23. The van der Waals surface area contributed by atoms with Gasteiger partial charge < -0.3 is 19.7 Å². The molecule has 0 bridgehead atoms. The maximum absolute atomic E-state index is 11.9. The van der Waals surface area contributed by atoms with Gasteiger partial charge in [-0.25, -0.2) is 4.79 Å². The lowest BCUT2D eigenvalue weighted by Crippen LogP contribution is -2.36. The molecule has 1 fully saturated rings. The lowest BCUT2D eigenvalue weighted by atomic mass is 10.2. The summed E-state index contributed by atoms with van der Waals surface area (Å²) in [6.45, 7) is 2.89. The number of nitrogens with zero attached hydrogens (tertiary/aromatic N) is 1. The van der Waals surface area contributed by atoms with Crippen LogP contribution in [0.25, 0.3) is 0 Å². The number of thiophene rings is 1. The van der Waals surface area contributed by atoms with E-state index in [0.29, 0.717) is 11.3 Å². The van der Waals surface area contributed by atoms with E-state index in [4.69, 9.17) is 9.47 Å². The van der Waals surface area contributed by atoms with Crippen molar-refractivity contribution in [2.24, 2.45) is 0 Å². The fraction of sp³-hybridized carbons (Fsp3) is 0.294. The molecular formula is C17H18N2O4S. The zero-order valence-corrected chi connectivity index (χ0v) is 13.9. The predicted octanol–water partition coefficient (Wildman–Crippen LogP) is 2.38. The molecule has 0 radical (unpaired) electrons. The topological polar surface area (TPSA) is 67.9 Å². The van der Waals surface area contributed by atoms with Crippen molar-refractivity contribution in [3.8, 4) is 0 Å². The third kappa shape index (κ3) is 4.33. The van der Waals surface area contributed by atoms with Gasteiger partial charge in [-0.2, -0.15) is 11.3 Å². The molecule has 0 unspecified atom stereocenters. The highest BCUT2D eigenvalue weighted by Gasteiger charge is 2.12. The molecular weight excluding hydrogens is 328 g/mol. The van der Waals surface area contributed by atoms with Crippen molar-refractivity contribution in [2.45, 2.75) is 0 Å². The molecule has 0 spiro atoms. The van der Waals surface area contributed by atoms with Gasteiger partial charge in [-0.1, -0.05) is 0 Å². The van der Waals surface area contributed by atoms with Crippen molar-refractivity contribution >= 4 is 34.6 Å². The van der Waals surface area contributed by atoms with Gasteiger partial charge in [-0.15, -0.1) is 0 Å². The van der Waals surface area contributed by atoms with E-state index in [1.54, 1.807) is 16.8 Å². The molecule has 0 saturated carbocycles. The Morgan fingerprint density at radius 2 is 1.92 bits per heavy atom. The van der Waals surface area contributed by atoms with Crippen molar-refractivity contribution in [3.05, 3.63) is 46.7 Å². The smallest absolute Gasteiger partial charge is 0.339 e. The van der Waals surface area contributed by atoms with Gasteiger partial charge in [0.1, 0.15) is 0 Å². The highest BCUT2D eigenvalue weighted by Crippen LogP contribution is 2.19. The lowest BCUT2D eigenvalue weighted by molar-refractivity contribution is -0.119. The number of nitrogens with one attached hydrogen (secondary N) is 1. The number of morpholine rings is 1. The van der Waals surface area contributed by atoms with Gasteiger partial charge in [0.05, 0.1) is 18.8 Å². The molecule has 1 aromatic heterocycles. The number of ether oxygens (including phenoxy) is 2. The number of esters is 1. The number of hydrogen-bond acceptors (Lipinski definition) is 6. The number of anilines is 2. The summed E-state index contributed by atoms with van der Waals surface area (Å²) in [4.78, 5) is 25.8. The van der Waals surface area contributed by atoms with Crippen molar-refractivity contribution in [2.75, 3.05) is 43.1 Å². The van der Waals surface area contributed by atoms with Crippen LogP contribution in [0.4, 0.5) is 11.4 Å². The molecule has 3 rings (SSSR count). The van der Waals surface area contributed by atoms with Gasteiger partial charge >= 0.3 is 5.97 Å². The summed E-state index contributed by atoms with van der Waals surface area (Å²) >= 11 is 1.40. The van der Waals surface area contributed by atoms with Crippen molar-refractivity contribution in [3.63, 3.8) is 0 Å². The van der Waals surface area contributed by atoms with Crippen LogP contribution in [-0.2, 0) is 14.3 Å². The van der Waals surface area contributed by atoms with Crippen LogP contribution >= 0.6 is 11.3 Å². The first-order valence-corrected chi connectivity index (χ1v) is 8.58. The zero-order chi connectivity index (χ0) is 16.8. The van der Waals surface area contributed by atoms with Crippen LogP contribution in [-0.4, -0.2) is 44.8 Å². The number of hydrogen-bond donors (Lipinski definition) is 1. The van der Waals surface area contributed by atoms with E-state index in [1.165, 1.54) is 11.3 Å². The quantitative estimate of drug-likeness (QED) is 0.842. The minimum atomic E-state index is -0.492. The van der Waals surface area contributed by atoms with E-state index in [1.807, 2.05) is 24.3 Å². The summed E-state index contributed by atoms with van der Waals surface area (Å²) < 4.78 is 10.3. The third-order valence-electron chi connectivity index (χ3n) is 3.62. The van der Waals surface area contributed by atoms with Crippen LogP contribution in [0.5, 0.6) is 0 Å². The Labute approximate surface area is 144 Å². The summed E-state index contributed by atoms with van der Waals surface area (Å²) in [5.74, 6) is -0.855. The maximum Gasteiger partial charge on any atom is 0.339 e. The Bertz CT molecular complexity index is 679. The normalized spacial score (nSPS) is 14.2. The van der Waals surface area contributed by atoms with Crippen molar-refractivity contribution < 1.29 is 19.1 Å². The van der Waals surface area contributed by atoms with Gasteiger partial charge in [-0.05, 0) is 35.7 Å². The van der Waals surface area contributed by atoms with Crippen molar-refractivity contribution in [1.82, 2.24) is 0 Å². The van der Waals surface area contributed by atoms with Crippen LogP contribution < -0.4 is 10.2 Å². The van der Waals surface area contributed by atoms with Gasteiger partial charge in [-0.3, -0.25) is 4.79 Å². The highest BCUT2D eigenvalue weighted by atomic mass is 32.1. The SMILES string of the molecule is O=C(COC(=O)c1ccsc1)Nc1ccc(N2CCOCC2)cc1. The molecule has 24 heavy (non-hydrogen) atoms.